The van der Waals surface area contributed by atoms with E-state index in [0.717, 1.165) is 19.8 Å². The molecule has 0 aliphatic heterocycles. The average Bonchev–Trinajstić information content (AvgIpc) is 2.89. The zero-order valence-corrected chi connectivity index (χ0v) is 22.6. The van der Waals surface area contributed by atoms with Crippen molar-refractivity contribution in [3.05, 3.63) is 119 Å². The molecule has 4 aromatic carbocycles. The normalized spacial score (nSPS) is 11.4. The van der Waals surface area contributed by atoms with Crippen LogP contribution in [0.3, 0.4) is 0 Å². The number of anilines is 1. The number of nitrogens with zero attached hydrogens (tertiary/aromatic N) is 1. The van der Waals surface area contributed by atoms with Crippen molar-refractivity contribution in [1.29, 1.82) is 0 Å². The summed E-state index contributed by atoms with van der Waals surface area (Å²) in [4.78, 5) is 15.2. The third-order valence-electron chi connectivity index (χ3n) is 5.40. The first-order chi connectivity index (χ1) is 17.4. The molecule has 0 aliphatic rings. The van der Waals surface area contributed by atoms with E-state index in [4.69, 9.17) is 0 Å². The first-order valence-electron chi connectivity index (χ1n) is 11.3. The SMILES string of the molecule is O=C(CN(CCc1ccccc1)S(=O)(=O)c1ccc(Br)cc1)Nc1ccccc1Sc1ccccc1. The van der Waals surface area contributed by atoms with Gasteiger partial charge >= 0.3 is 0 Å². The molecule has 0 aromatic heterocycles. The highest BCUT2D eigenvalue weighted by atomic mass is 79.9. The van der Waals surface area contributed by atoms with E-state index < -0.39 is 15.9 Å². The third kappa shape index (κ3) is 7.07. The molecule has 0 radical (unpaired) electrons. The highest BCUT2D eigenvalue weighted by Crippen LogP contribution is 2.33. The Balaban J connectivity index is 1.54. The lowest BCUT2D eigenvalue weighted by Crippen LogP contribution is -2.39. The van der Waals surface area contributed by atoms with Gasteiger partial charge in [0.1, 0.15) is 0 Å². The molecule has 4 rings (SSSR count). The topological polar surface area (TPSA) is 66.5 Å². The van der Waals surface area contributed by atoms with Crippen molar-refractivity contribution in [3.63, 3.8) is 0 Å². The zero-order valence-electron chi connectivity index (χ0n) is 19.4. The molecule has 0 spiro atoms. The summed E-state index contributed by atoms with van der Waals surface area (Å²) >= 11 is 4.88. The van der Waals surface area contributed by atoms with Crippen molar-refractivity contribution in [1.82, 2.24) is 4.31 Å². The molecular weight excluding hydrogens is 556 g/mol. The number of amides is 1. The molecular formula is C28H25BrN2O3S2. The van der Waals surface area contributed by atoms with Gasteiger partial charge in [-0.05, 0) is 60.5 Å². The van der Waals surface area contributed by atoms with Crippen LogP contribution in [0.2, 0.25) is 0 Å². The molecule has 0 unspecified atom stereocenters. The summed E-state index contributed by atoms with van der Waals surface area (Å²) in [6.07, 6.45) is 0.490. The smallest absolute Gasteiger partial charge is 0.243 e. The number of carbonyl (C=O) groups is 1. The number of benzene rings is 4. The maximum atomic E-state index is 13.5. The van der Waals surface area contributed by atoms with Crippen LogP contribution in [0.25, 0.3) is 0 Å². The molecule has 0 bridgehead atoms. The van der Waals surface area contributed by atoms with Crippen LogP contribution in [-0.4, -0.2) is 31.7 Å². The van der Waals surface area contributed by atoms with Crippen molar-refractivity contribution in [2.45, 2.75) is 21.1 Å². The molecule has 0 heterocycles. The van der Waals surface area contributed by atoms with Gasteiger partial charge in [0.15, 0.2) is 0 Å². The number of para-hydroxylation sites is 1. The predicted molar refractivity (Wildman–Crippen MR) is 149 cm³/mol. The van der Waals surface area contributed by atoms with Crippen LogP contribution in [0.4, 0.5) is 5.69 Å². The van der Waals surface area contributed by atoms with Crippen LogP contribution in [0.5, 0.6) is 0 Å². The van der Waals surface area contributed by atoms with Gasteiger partial charge in [0.2, 0.25) is 15.9 Å². The molecule has 0 saturated heterocycles. The van der Waals surface area contributed by atoms with Gasteiger partial charge in [-0.1, -0.05) is 88.4 Å². The second kappa shape index (κ2) is 12.4. The number of hydrogen-bond acceptors (Lipinski definition) is 4. The maximum Gasteiger partial charge on any atom is 0.243 e. The van der Waals surface area contributed by atoms with Crippen molar-refractivity contribution < 1.29 is 13.2 Å². The van der Waals surface area contributed by atoms with Crippen LogP contribution < -0.4 is 5.32 Å². The van der Waals surface area contributed by atoms with Crippen LogP contribution in [0.15, 0.2) is 128 Å². The number of hydrogen-bond donors (Lipinski definition) is 1. The fourth-order valence-electron chi connectivity index (χ4n) is 3.56. The van der Waals surface area contributed by atoms with E-state index in [1.165, 1.54) is 16.1 Å². The molecule has 0 saturated carbocycles. The summed E-state index contributed by atoms with van der Waals surface area (Å²) in [5.41, 5.74) is 1.64. The first-order valence-corrected chi connectivity index (χ1v) is 14.4. The lowest BCUT2D eigenvalue weighted by Gasteiger charge is -2.22. The Morgan fingerprint density at radius 3 is 2.11 bits per heavy atom. The molecule has 184 valence electrons. The van der Waals surface area contributed by atoms with Crippen LogP contribution in [0, 0.1) is 0 Å². The molecule has 0 fully saturated rings. The van der Waals surface area contributed by atoms with Crippen molar-refractivity contribution in [2.24, 2.45) is 0 Å². The summed E-state index contributed by atoms with van der Waals surface area (Å²) in [5.74, 6) is -0.398. The molecule has 4 aromatic rings. The minimum atomic E-state index is -3.89. The maximum absolute atomic E-state index is 13.5. The van der Waals surface area contributed by atoms with E-state index in [9.17, 15) is 13.2 Å². The monoisotopic (exact) mass is 580 g/mol. The van der Waals surface area contributed by atoms with Gasteiger partial charge in [0, 0.05) is 20.8 Å². The van der Waals surface area contributed by atoms with Gasteiger partial charge in [0.25, 0.3) is 0 Å². The van der Waals surface area contributed by atoms with E-state index in [2.05, 4.69) is 21.2 Å². The summed E-state index contributed by atoms with van der Waals surface area (Å²) < 4.78 is 29.0. The Labute approximate surface area is 224 Å². The number of halogens is 1. The number of nitrogens with one attached hydrogen (secondary N) is 1. The Morgan fingerprint density at radius 1 is 0.806 bits per heavy atom. The quantitative estimate of drug-likeness (QED) is 0.233. The number of rotatable bonds is 10. The van der Waals surface area contributed by atoms with Gasteiger partial charge in [-0.3, -0.25) is 4.79 Å². The van der Waals surface area contributed by atoms with E-state index in [1.54, 1.807) is 24.3 Å². The van der Waals surface area contributed by atoms with Gasteiger partial charge in [-0.25, -0.2) is 8.42 Å². The largest absolute Gasteiger partial charge is 0.324 e. The van der Waals surface area contributed by atoms with Crippen LogP contribution in [0.1, 0.15) is 5.56 Å². The minimum Gasteiger partial charge on any atom is -0.324 e. The van der Waals surface area contributed by atoms with Crippen LogP contribution >= 0.6 is 27.7 Å². The molecule has 8 heteroatoms. The highest BCUT2D eigenvalue weighted by Gasteiger charge is 2.27. The van der Waals surface area contributed by atoms with E-state index in [0.29, 0.717) is 12.1 Å². The standard InChI is InChI=1S/C28H25BrN2O3S2/c29-23-15-17-25(18-16-23)36(33,34)31(20-19-22-9-3-1-4-10-22)21-28(32)30-26-13-7-8-14-27(26)35-24-11-5-2-6-12-24/h1-18H,19-21H2,(H,30,32). The van der Waals surface area contributed by atoms with E-state index in [1.807, 2.05) is 84.9 Å². The van der Waals surface area contributed by atoms with Crippen molar-refractivity contribution >= 4 is 49.3 Å². The van der Waals surface area contributed by atoms with Gasteiger partial charge < -0.3 is 5.32 Å². The minimum absolute atomic E-state index is 0.145. The van der Waals surface area contributed by atoms with E-state index in [-0.39, 0.29) is 18.0 Å². The molecule has 0 atom stereocenters. The lowest BCUT2D eigenvalue weighted by atomic mass is 10.1. The second-order valence-corrected chi connectivity index (χ2v) is 12.0. The molecule has 1 amide bonds. The summed E-state index contributed by atoms with van der Waals surface area (Å²) in [6, 6.07) is 33.4. The Kier molecular flexibility index (Phi) is 8.98. The molecule has 1 N–H and O–H groups in total. The first kappa shape index (κ1) is 26.2. The molecule has 0 aliphatic carbocycles. The second-order valence-electron chi connectivity index (χ2n) is 7.99. The van der Waals surface area contributed by atoms with Gasteiger partial charge in [0.05, 0.1) is 17.1 Å². The average molecular weight is 582 g/mol. The fourth-order valence-corrected chi connectivity index (χ4v) is 6.15. The van der Waals surface area contributed by atoms with E-state index >= 15 is 0 Å². The Bertz CT molecular complexity index is 1400. The highest BCUT2D eigenvalue weighted by molar-refractivity contribution is 9.10. The summed E-state index contributed by atoms with van der Waals surface area (Å²) in [7, 11) is -3.89. The molecule has 36 heavy (non-hydrogen) atoms. The van der Waals surface area contributed by atoms with Crippen molar-refractivity contribution in [3.8, 4) is 0 Å². The predicted octanol–water partition coefficient (Wildman–Crippen LogP) is 6.47. The number of sulfonamides is 1. The van der Waals surface area contributed by atoms with Crippen LogP contribution in [-0.2, 0) is 21.2 Å². The fraction of sp³-hybridized carbons (Fsp3) is 0.107. The molecule has 5 nitrogen and oxygen atoms in total. The Hall–Kier alpha value is -2.91. The number of carbonyl (C=O) groups excluding carboxylic acids is 1. The lowest BCUT2D eigenvalue weighted by molar-refractivity contribution is -0.116. The third-order valence-corrected chi connectivity index (χ3v) is 8.87. The zero-order chi connectivity index (χ0) is 25.4. The summed E-state index contributed by atoms with van der Waals surface area (Å²) in [6.45, 7) is -0.119. The summed E-state index contributed by atoms with van der Waals surface area (Å²) in [5, 5.41) is 2.92. The van der Waals surface area contributed by atoms with Gasteiger partial charge in [-0.15, -0.1) is 0 Å². The van der Waals surface area contributed by atoms with Crippen molar-refractivity contribution in [2.75, 3.05) is 18.4 Å². The Morgan fingerprint density at radius 2 is 1.42 bits per heavy atom. The van der Waals surface area contributed by atoms with Gasteiger partial charge in [-0.2, -0.15) is 4.31 Å².